The van der Waals surface area contributed by atoms with Gasteiger partial charge in [-0.1, -0.05) is 6.07 Å². The van der Waals surface area contributed by atoms with Gasteiger partial charge in [0.25, 0.3) is 0 Å². The van der Waals surface area contributed by atoms with Crippen molar-refractivity contribution in [2.45, 2.75) is 13.5 Å². The van der Waals surface area contributed by atoms with Crippen LogP contribution in [0.25, 0.3) is 21.8 Å². The van der Waals surface area contributed by atoms with E-state index in [1.54, 1.807) is 28.8 Å². The third-order valence-corrected chi connectivity index (χ3v) is 3.72. The van der Waals surface area contributed by atoms with Gasteiger partial charge in [0.2, 0.25) is 0 Å². The Kier molecular flexibility index (Phi) is 3.33. The van der Waals surface area contributed by atoms with Crippen molar-refractivity contribution in [3.63, 3.8) is 0 Å². The Hall–Kier alpha value is -2.82. The number of nitrogens with zero attached hydrogens (tertiary/aromatic N) is 1. The van der Waals surface area contributed by atoms with Gasteiger partial charge in [-0.25, -0.2) is 0 Å². The zero-order valence-electron chi connectivity index (χ0n) is 12.3. The van der Waals surface area contributed by atoms with E-state index < -0.39 is 5.97 Å². The fraction of sp³-hybridized carbons (Fsp3) is 0.176. The molecule has 0 bridgehead atoms. The van der Waals surface area contributed by atoms with Crippen molar-refractivity contribution < 1.29 is 14.6 Å². The van der Waals surface area contributed by atoms with Gasteiger partial charge < -0.3 is 14.4 Å². The highest BCUT2D eigenvalue weighted by Gasteiger charge is 2.13. The highest BCUT2D eigenvalue weighted by Crippen LogP contribution is 2.24. The minimum atomic E-state index is -0.962. The lowest BCUT2D eigenvalue weighted by Gasteiger charge is -2.14. The maximum Gasteiger partial charge on any atom is 0.323 e. The number of rotatable bonds is 3. The molecule has 5 nitrogen and oxygen atoms in total. The van der Waals surface area contributed by atoms with Gasteiger partial charge in [0, 0.05) is 16.8 Å². The van der Waals surface area contributed by atoms with Crippen LogP contribution in [0.1, 0.15) is 5.56 Å². The molecule has 5 heteroatoms. The molecule has 0 aliphatic heterocycles. The quantitative estimate of drug-likeness (QED) is 0.754. The van der Waals surface area contributed by atoms with Gasteiger partial charge in [-0.05, 0) is 36.8 Å². The van der Waals surface area contributed by atoms with Crippen molar-refractivity contribution in [3.8, 4) is 5.75 Å². The number of methoxy groups -OCH3 is 1. The summed E-state index contributed by atoms with van der Waals surface area (Å²) in [6, 6.07) is 10.5. The molecule has 0 fully saturated rings. The number of aryl methyl sites for hydroxylation is 1. The molecule has 0 spiro atoms. The third kappa shape index (κ3) is 2.20. The summed E-state index contributed by atoms with van der Waals surface area (Å²) in [5.74, 6) is -0.381. The molecular formula is C17H15NO4. The topological polar surface area (TPSA) is 68.5 Å². The standard InChI is InChI=1S/C17H15NO4/c1-10-3-5-12-14(7-10)18(9-16(19)20)15-8-11(22-2)4-6-13(15)17(12)21/h3-8H,9H2,1-2H3,(H,19,20). The molecule has 0 saturated heterocycles. The lowest BCUT2D eigenvalue weighted by Crippen LogP contribution is -2.16. The number of carbonyl (C=O) groups is 1. The number of aliphatic carboxylic acids is 1. The van der Waals surface area contributed by atoms with Gasteiger partial charge >= 0.3 is 5.97 Å². The minimum absolute atomic E-state index is 0.103. The summed E-state index contributed by atoms with van der Waals surface area (Å²) in [4.78, 5) is 23.9. The Morgan fingerprint density at radius 2 is 1.77 bits per heavy atom. The lowest BCUT2D eigenvalue weighted by atomic mass is 10.1. The number of aromatic nitrogens is 1. The Labute approximate surface area is 126 Å². The second-order valence-corrected chi connectivity index (χ2v) is 5.21. The van der Waals surface area contributed by atoms with Gasteiger partial charge in [-0.2, -0.15) is 0 Å². The van der Waals surface area contributed by atoms with E-state index in [4.69, 9.17) is 4.74 Å². The van der Waals surface area contributed by atoms with Crippen LogP contribution in [0.3, 0.4) is 0 Å². The van der Waals surface area contributed by atoms with E-state index in [0.717, 1.165) is 5.56 Å². The lowest BCUT2D eigenvalue weighted by molar-refractivity contribution is -0.137. The fourth-order valence-corrected chi connectivity index (χ4v) is 2.69. The van der Waals surface area contributed by atoms with Crippen LogP contribution >= 0.6 is 0 Å². The van der Waals surface area contributed by atoms with Crippen molar-refractivity contribution >= 4 is 27.8 Å². The molecule has 0 atom stereocenters. The SMILES string of the molecule is COc1ccc2c(=O)c3ccc(C)cc3n(CC(=O)O)c2c1. The van der Waals surface area contributed by atoms with E-state index in [1.165, 1.54) is 7.11 Å². The molecule has 1 aromatic heterocycles. The molecule has 112 valence electrons. The van der Waals surface area contributed by atoms with Crippen molar-refractivity contribution in [3.05, 3.63) is 52.2 Å². The summed E-state index contributed by atoms with van der Waals surface area (Å²) < 4.78 is 6.84. The molecule has 0 amide bonds. The van der Waals surface area contributed by atoms with Crippen LogP contribution in [0.2, 0.25) is 0 Å². The normalized spacial score (nSPS) is 11.0. The molecule has 0 unspecified atom stereocenters. The molecule has 3 aromatic rings. The van der Waals surface area contributed by atoms with Crippen LogP contribution in [-0.4, -0.2) is 22.8 Å². The number of fused-ring (bicyclic) bond motifs is 2. The first-order valence-electron chi connectivity index (χ1n) is 6.84. The fourth-order valence-electron chi connectivity index (χ4n) is 2.69. The van der Waals surface area contributed by atoms with Crippen LogP contribution in [0.15, 0.2) is 41.2 Å². The van der Waals surface area contributed by atoms with Crippen LogP contribution in [0.5, 0.6) is 5.75 Å². The molecule has 0 aliphatic rings. The number of carboxylic acids is 1. The molecule has 22 heavy (non-hydrogen) atoms. The summed E-state index contributed by atoms with van der Waals surface area (Å²) in [5, 5.41) is 10.2. The van der Waals surface area contributed by atoms with Crippen molar-refractivity contribution in [1.29, 1.82) is 0 Å². The maximum atomic E-state index is 12.6. The number of benzene rings is 2. The molecule has 3 rings (SSSR count). The predicted octanol–water partition coefficient (Wildman–Crippen LogP) is 2.56. The molecule has 2 aromatic carbocycles. The van der Waals surface area contributed by atoms with E-state index >= 15 is 0 Å². The first kappa shape index (κ1) is 14.1. The monoisotopic (exact) mass is 297 g/mol. The molecule has 1 heterocycles. The average Bonchev–Trinajstić information content (AvgIpc) is 2.50. The number of pyridine rings is 1. The number of carboxylic acid groups (broad SMARTS) is 1. The number of hydrogen-bond donors (Lipinski definition) is 1. The number of hydrogen-bond acceptors (Lipinski definition) is 3. The average molecular weight is 297 g/mol. The van der Waals surface area contributed by atoms with E-state index in [9.17, 15) is 14.7 Å². The van der Waals surface area contributed by atoms with Crippen LogP contribution in [0, 0.1) is 6.92 Å². The zero-order chi connectivity index (χ0) is 15.9. The first-order chi connectivity index (χ1) is 10.5. The Balaban J connectivity index is 2.54. The Bertz CT molecular complexity index is 956. The molecule has 1 N–H and O–H groups in total. The Morgan fingerprint density at radius 1 is 1.14 bits per heavy atom. The van der Waals surface area contributed by atoms with E-state index in [1.807, 2.05) is 19.1 Å². The largest absolute Gasteiger partial charge is 0.497 e. The minimum Gasteiger partial charge on any atom is -0.497 e. The second-order valence-electron chi connectivity index (χ2n) is 5.21. The summed E-state index contributed by atoms with van der Waals surface area (Å²) in [6.07, 6.45) is 0. The third-order valence-electron chi connectivity index (χ3n) is 3.72. The second kappa shape index (κ2) is 5.18. The van der Waals surface area contributed by atoms with E-state index in [0.29, 0.717) is 27.6 Å². The van der Waals surface area contributed by atoms with Crippen molar-refractivity contribution in [2.24, 2.45) is 0 Å². The Morgan fingerprint density at radius 3 is 2.41 bits per heavy atom. The summed E-state index contributed by atoms with van der Waals surface area (Å²) in [5.41, 5.74) is 2.04. The van der Waals surface area contributed by atoms with Gasteiger partial charge in [0.1, 0.15) is 12.3 Å². The predicted molar refractivity (Wildman–Crippen MR) is 84.6 cm³/mol. The van der Waals surface area contributed by atoms with Gasteiger partial charge in [-0.3, -0.25) is 9.59 Å². The summed E-state index contributed by atoms with van der Waals surface area (Å²) in [7, 11) is 1.53. The van der Waals surface area contributed by atoms with Gasteiger partial charge in [0.15, 0.2) is 5.43 Å². The van der Waals surface area contributed by atoms with Crippen molar-refractivity contribution in [1.82, 2.24) is 4.57 Å². The zero-order valence-corrected chi connectivity index (χ0v) is 12.3. The van der Waals surface area contributed by atoms with Gasteiger partial charge in [-0.15, -0.1) is 0 Å². The van der Waals surface area contributed by atoms with Gasteiger partial charge in [0.05, 0.1) is 18.1 Å². The van der Waals surface area contributed by atoms with E-state index in [-0.39, 0.29) is 12.0 Å². The van der Waals surface area contributed by atoms with Crippen LogP contribution in [0.4, 0.5) is 0 Å². The summed E-state index contributed by atoms with van der Waals surface area (Å²) in [6.45, 7) is 1.69. The molecule has 0 aliphatic carbocycles. The van der Waals surface area contributed by atoms with E-state index in [2.05, 4.69) is 0 Å². The molecular weight excluding hydrogens is 282 g/mol. The smallest absolute Gasteiger partial charge is 0.323 e. The van der Waals surface area contributed by atoms with Crippen LogP contribution < -0.4 is 10.2 Å². The van der Waals surface area contributed by atoms with Crippen LogP contribution in [-0.2, 0) is 11.3 Å². The van der Waals surface area contributed by atoms with Crippen molar-refractivity contribution in [2.75, 3.05) is 7.11 Å². The first-order valence-corrected chi connectivity index (χ1v) is 6.84. The highest BCUT2D eigenvalue weighted by atomic mass is 16.5. The number of ether oxygens (including phenoxy) is 1. The molecule has 0 saturated carbocycles. The highest BCUT2D eigenvalue weighted by molar-refractivity contribution is 5.95. The molecule has 0 radical (unpaired) electrons. The summed E-state index contributed by atoms with van der Waals surface area (Å²) >= 11 is 0. The maximum absolute atomic E-state index is 12.6.